The molecular weight excluding hydrogens is 386 g/mol. The number of ether oxygens (including phenoxy) is 3. The van der Waals surface area contributed by atoms with Gasteiger partial charge in [-0.1, -0.05) is 6.07 Å². The van der Waals surface area contributed by atoms with E-state index >= 15 is 0 Å². The van der Waals surface area contributed by atoms with Crippen LogP contribution in [-0.4, -0.2) is 26.2 Å². The number of anilines is 1. The SMILES string of the molecule is COc1cc(C)c(NC(=O)[C@H](C)Oc2ccc(C)cc2Br)cc1OC. The summed E-state index contributed by atoms with van der Waals surface area (Å²) in [5.41, 5.74) is 2.63. The van der Waals surface area contributed by atoms with Gasteiger partial charge in [-0.3, -0.25) is 4.79 Å². The van der Waals surface area contributed by atoms with E-state index in [4.69, 9.17) is 14.2 Å². The summed E-state index contributed by atoms with van der Waals surface area (Å²) < 4.78 is 17.1. The van der Waals surface area contributed by atoms with E-state index in [2.05, 4.69) is 21.2 Å². The van der Waals surface area contributed by atoms with Crippen LogP contribution in [0.15, 0.2) is 34.8 Å². The molecule has 6 heteroatoms. The molecule has 0 bridgehead atoms. The molecule has 2 aromatic carbocycles. The number of benzene rings is 2. The van der Waals surface area contributed by atoms with Crippen LogP contribution in [0.25, 0.3) is 0 Å². The maximum Gasteiger partial charge on any atom is 0.265 e. The Hall–Kier alpha value is -2.21. The lowest BCUT2D eigenvalue weighted by Crippen LogP contribution is -2.30. The van der Waals surface area contributed by atoms with Gasteiger partial charge in [0, 0.05) is 11.8 Å². The Labute approximate surface area is 156 Å². The monoisotopic (exact) mass is 407 g/mol. The highest BCUT2D eigenvalue weighted by Gasteiger charge is 2.18. The molecule has 2 aromatic rings. The number of aryl methyl sites for hydroxylation is 2. The van der Waals surface area contributed by atoms with E-state index < -0.39 is 6.10 Å². The van der Waals surface area contributed by atoms with E-state index in [0.29, 0.717) is 22.9 Å². The fraction of sp³-hybridized carbons (Fsp3) is 0.316. The largest absolute Gasteiger partial charge is 0.493 e. The van der Waals surface area contributed by atoms with Crippen LogP contribution in [0.4, 0.5) is 5.69 Å². The zero-order valence-corrected chi connectivity index (χ0v) is 16.6. The zero-order chi connectivity index (χ0) is 18.6. The maximum atomic E-state index is 12.5. The average Bonchev–Trinajstić information content (AvgIpc) is 2.58. The Morgan fingerprint density at radius 2 is 1.68 bits per heavy atom. The topological polar surface area (TPSA) is 56.8 Å². The number of nitrogens with one attached hydrogen (secondary N) is 1. The minimum absolute atomic E-state index is 0.247. The first-order chi connectivity index (χ1) is 11.8. The number of carbonyl (C=O) groups is 1. The van der Waals surface area contributed by atoms with Crippen LogP contribution < -0.4 is 19.5 Å². The molecule has 0 spiro atoms. The van der Waals surface area contributed by atoms with Gasteiger partial charge >= 0.3 is 0 Å². The summed E-state index contributed by atoms with van der Waals surface area (Å²) in [6.07, 6.45) is -0.661. The number of amides is 1. The molecule has 0 radical (unpaired) electrons. The Balaban J connectivity index is 2.13. The third-order valence-electron chi connectivity index (χ3n) is 3.75. The molecule has 0 heterocycles. The van der Waals surface area contributed by atoms with E-state index in [1.54, 1.807) is 27.2 Å². The standard InChI is InChI=1S/C19H22BrNO4/c1-11-6-7-16(14(20)8-11)25-13(3)19(22)21-15-10-18(24-5)17(23-4)9-12(15)2/h6-10,13H,1-5H3,(H,21,22)/t13-/m0/s1. The molecule has 25 heavy (non-hydrogen) atoms. The van der Waals surface area contributed by atoms with Crippen LogP contribution >= 0.6 is 15.9 Å². The predicted octanol–water partition coefficient (Wildman–Crippen LogP) is 4.49. The van der Waals surface area contributed by atoms with Gasteiger partial charge in [0.25, 0.3) is 5.91 Å². The number of hydrogen-bond donors (Lipinski definition) is 1. The van der Waals surface area contributed by atoms with Gasteiger partial charge in [-0.25, -0.2) is 0 Å². The van der Waals surface area contributed by atoms with E-state index in [1.807, 2.05) is 38.1 Å². The molecular formula is C19H22BrNO4. The molecule has 1 atom stereocenters. The van der Waals surface area contributed by atoms with Crippen molar-refractivity contribution in [3.8, 4) is 17.2 Å². The van der Waals surface area contributed by atoms with Crippen LogP contribution in [0.2, 0.25) is 0 Å². The minimum Gasteiger partial charge on any atom is -0.493 e. The van der Waals surface area contributed by atoms with Crippen LogP contribution in [0.3, 0.4) is 0 Å². The number of methoxy groups -OCH3 is 2. The van der Waals surface area contributed by atoms with Gasteiger partial charge < -0.3 is 19.5 Å². The third kappa shape index (κ3) is 4.66. The van der Waals surface area contributed by atoms with E-state index in [-0.39, 0.29) is 5.91 Å². The van der Waals surface area contributed by atoms with Crippen LogP contribution in [0, 0.1) is 13.8 Å². The summed E-state index contributed by atoms with van der Waals surface area (Å²) in [6.45, 7) is 5.59. The summed E-state index contributed by atoms with van der Waals surface area (Å²) in [5, 5.41) is 2.87. The van der Waals surface area contributed by atoms with E-state index in [9.17, 15) is 4.79 Å². The van der Waals surface area contributed by atoms with Crippen LogP contribution in [-0.2, 0) is 4.79 Å². The molecule has 0 aromatic heterocycles. The molecule has 0 fully saturated rings. The molecule has 134 valence electrons. The lowest BCUT2D eigenvalue weighted by atomic mass is 10.1. The highest BCUT2D eigenvalue weighted by molar-refractivity contribution is 9.10. The van der Waals surface area contributed by atoms with Crippen molar-refractivity contribution < 1.29 is 19.0 Å². The van der Waals surface area contributed by atoms with Crippen LogP contribution in [0.1, 0.15) is 18.1 Å². The smallest absolute Gasteiger partial charge is 0.265 e. The van der Waals surface area contributed by atoms with Crippen molar-refractivity contribution in [1.29, 1.82) is 0 Å². The summed E-state index contributed by atoms with van der Waals surface area (Å²) in [5.74, 6) is 1.55. The first-order valence-electron chi connectivity index (χ1n) is 7.82. The van der Waals surface area contributed by atoms with Crippen molar-refractivity contribution >= 4 is 27.5 Å². The number of halogens is 1. The number of hydrogen-bond acceptors (Lipinski definition) is 4. The lowest BCUT2D eigenvalue weighted by Gasteiger charge is -2.18. The van der Waals surface area contributed by atoms with Crippen molar-refractivity contribution in [3.63, 3.8) is 0 Å². The first kappa shape index (κ1) is 19.1. The molecule has 1 N–H and O–H groups in total. The fourth-order valence-electron chi connectivity index (χ4n) is 2.30. The van der Waals surface area contributed by atoms with Gasteiger partial charge in [0.05, 0.1) is 18.7 Å². The lowest BCUT2D eigenvalue weighted by molar-refractivity contribution is -0.122. The van der Waals surface area contributed by atoms with Crippen molar-refractivity contribution in [3.05, 3.63) is 45.9 Å². The van der Waals surface area contributed by atoms with E-state index in [1.165, 1.54) is 0 Å². The normalized spacial score (nSPS) is 11.6. The number of carbonyl (C=O) groups excluding carboxylic acids is 1. The quantitative estimate of drug-likeness (QED) is 0.766. The second-order valence-electron chi connectivity index (χ2n) is 5.71. The van der Waals surface area contributed by atoms with Crippen molar-refractivity contribution in [2.75, 3.05) is 19.5 Å². The second-order valence-corrected chi connectivity index (χ2v) is 6.56. The maximum absolute atomic E-state index is 12.5. The van der Waals surface area contributed by atoms with Gasteiger partial charge in [-0.2, -0.15) is 0 Å². The molecule has 2 rings (SSSR count). The van der Waals surface area contributed by atoms with Crippen LogP contribution in [0.5, 0.6) is 17.2 Å². The predicted molar refractivity (Wildman–Crippen MR) is 102 cm³/mol. The summed E-state index contributed by atoms with van der Waals surface area (Å²) in [4.78, 5) is 12.5. The molecule has 1 amide bonds. The molecule has 0 saturated heterocycles. The molecule has 0 saturated carbocycles. The highest BCUT2D eigenvalue weighted by Crippen LogP contribution is 2.33. The van der Waals surface area contributed by atoms with Crippen molar-refractivity contribution in [2.45, 2.75) is 26.9 Å². The molecule has 0 aliphatic heterocycles. The first-order valence-corrected chi connectivity index (χ1v) is 8.61. The summed E-state index contributed by atoms with van der Waals surface area (Å²) >= 11 is 3.45. The summed E-state index contributed by atoms with van der Waals surface area (Å²) in [6, 6.07) is 9.27. The Bertz CT molecular complexity index is 776. The molecule has 0 aliphatic rings. The van der Waals surface area contributed by atoms with Gasteiger partial charge in [-0.15, -0.1) is 0 Å². The minimum atomic E-state index is -0.661. The van der Waals surface area contributed by atoms with Crippen molar-refractivity contribution in [1.82, 2.24) is 0 Å². The highest BCUT2D eigenvalue weighted by atomic mass is 79.9. The Morgan fingerprint density at radius 1 is 1.04 bits per heavy atom. The van der Waals surface area contributed by atoms with Gasteiger partial charge in [0.2, 0.25) is 0 Å². The molecule has 0 unspecified atom stereocenters. The number of rotatable bonds is 6. The summed E-state index contributed by atoms with van der Waals surface area (Å²) in [7, 11) is 3.13. The average molecular weight is 408 g/mol. The zero-order valence-electron chi connectivity index (χ0n) is 15.0. The second kappa shape index (κ2) is 8.25. The fourth-order valence-corrected chi connectivity index (χ4v) is 2.88. The van der Waals surface area contributed by atoms with E-state index in [0.717, 1.165) is 15.6 Å². The van der Waals surface area contributed by atoms with Gasteiger partial charge in [0.15, 0.2) is 17.6 Å². The Morgan fingerprint density at radius 3 is 2.28 bits per heavy atom. The third-order valence-corrected chi connectivity index (χ3v) is 4.37. The molecule has 0 aliphatic carbocycles. The van der Waals surface area contributed by atoms with Gasteiger partial charge in [-0.05, 0) is 66.0 Å². The molecule has 5 nitrogen and oxygen atoms in total. The van der Waals surface area contributed by atoms with Crippen molar-refractivity contribution in [2.24, 2.45) is 0 Å². The Kier molecular flexibility index (Phi) is 6.31. The van der Waals surface area contributed by atoms with Gasteiger partial charge in [0.1, 0.15) is 5.75 Å².